The number of rotatable bonds is 4. The molecule has 1 aliphatic rings. The van der Waals surface area contributed by atoms with Crippen molar-refractivity contribution in [3.05, 3.63) is 29.3 Å². The summed E-state index contributed by atoms with van der Waals surface area (Å²) in [6.45, 7) is 4.27. The highest BCUT2D eigenvalue weighted by molar-refractivity contribution is 6.02. The van der Waals surface area contributed by atoms with Crippen molar-refractivity contribution in [3.63, 3.8) is 0 Å². The molecule has 1 heterocycles. The number of benzene rings is 1. The molecule has 1 saturated heterocycles. The van der Waals surface area contributed by atoms with Crippen molar-refractivity contribution in [3.8, 4) is 0 Å². The first kappa shape index (κ1) is 17.0. The van der Waals surface area contributed by atoms with Gasteiger partial charge in [0.2, 0.25) is 5.91 Å². The molecule has 2 rings (SSSR count). The standard InChI is InChI=1S/C16H21N3O4/c1-10-5-6-12(11(2)8-10)17-16(23)18-14(20)9-19-7-3-4-13(19)15(21)22/h5-6,8,13H,3-4,7,9H2,1-2H3,(H,21,22)(H2,17,18,20,23)/t13-/m1/s1. The Balaban J connectivity index is 1.87. The van der Waals surface area contributed by atoms with Crippen molar-refractivity contribution in [1.29, 1.82) is 0 Å². The van der Waals surface area contributed by atoms with Crippen LogP contribution >= 0.6 is 0 Å². The molecule has 1 aromatic rings. The number of carbonyl (C=O) groups is 3. The van der Waals surface area contributed by atoms with Crippen LogP contribution in [-0.4, -0.2) is 47.0 Å². The zero-order chi connectivity index (χ0) is 17.0. The van der Waals surface area contributed by atoms with Gasteiger partial charge in [-0.2, -0.15) is 0 Å². The van der Waals surface area contributed by atoms with Gasteiger partial charge in [0.25, 0.3) is 0 Å². The highest BCUT2D eigenvalue weighted by Crippen LogP contribution is 2.17. The van der Waals surface area contributed by atoms with E-state index in [4.69, 9.17) is 5.11 Å². The second-order valence-electron chi connectivity index (χ2n) is 5.79. The summed E-state index contributed by atoms with van der Waals surface area (Å²) >= 11 is 0. The zero-order valence-corrected chi connectivity index (χ0v) is 13.3. The van der Waals surface area contributed by atoms with Crippen LogP contribution in [0, 0.1) is 13.8 Å². The second-order valence-corrected chi connectivity index (χ2v) is 5.79. The predicted molar refractivity (Wildman–Crippen MR) is 85.3 cm³/mol. The molecule has 23 heavy (non-hydrogen) atoms. The van der Waals surface area contributed by atoms with Crippen LogP contribution in [0.2, 0.25) is 0 Å². The lowest BCUT2D eigenvalue weighted by Gasteiger charge is -2.20. The van der Waals surface area contributed by atoms with Gasteiger partial charge in [-0.05, 0) is 44.9 Å². The number of likely N-dealkylation sites (tertiary alicyclic amines) is 1. The van der Waals surface area contributed by atoms with Crippen molar-refractivity contribution in [1.82, 2.24) is 10.2 Å². The number of imide groups is 1. The van der Waals surface area contributed by atoms with Crippen LogP contribution in [-0.2, 0) is 9.59 Å². The Morgan fingerprint density at radius 2 is 2.04 bits per heavy atom. The highest BCUT2D eigenvalue weighted by Gasteiger charge is 2.31. The highest BCUT2D eigenvalue weighted by atomic mass is 16.4. The summed E-state index contributed by atoms with van der Waals surface area (Å²) in [6.07, 6.45) is 1.26. The molecule has 0 aliphatic carbocycles. The molecule has 7 nitrogen and oxygen atoms in total. The minimum absolute atomic E-state index is 0.0999. The SMILES string of the molecule is Cc1ccc(NC(=O)NC(=O)CN2CCC[C@@H]2C(=O)O)c(C)c1. The van der Waals surface area contributed by atoms with E-state index in [2.05, 4.69) is 10.6 Å². The molecule has 3 amide bonds. The molecule has 1 fully saturated rings. The fraction of sp³-hybridized carbons (Fsp3) is 0.438. The largest absolute Gasteiger partial charge is 0.480 e. The van der Waals surface area contributed by atoms with E-state index in [1.54, 1.807) is 11.0 Å². The molecular formula is C16H21N3O4. The van der Waals surface area contributed by atoms with Gasteiger partial charge < -0.3 is 10.4 Å². The third-order valence-electron chi connectivity index (χ3n) is 3.88. The number of nitrogens with one attached hydrogen (secondary N) is 2. The molecule has 0 unspecified atom stereocenters. The van der Waals surface area contributed by atoms with E-state index in [0.29, 0.717) is 18.7 Å². The summed E-state index contributed by atoms with van der Waals surface area (Å²) in [5, 5.41) is 13.9. The molecule has 0 saturated carbocycles. The summed E-state index contributed by atoms with van der Waals surface area (Å²) in [6, 6.07) is 4.30. The first-order valence-electron chi connectivity index (χ1n) is 7.52. The van der Waals surface area contributed by atoms with Crippen molar-refractivity contribution < 1.29 is 19.5 Å². The van der Waals surface area contributed by atoms with Crippen LogP contribution in [0.4, 0.5) is 10.5 Å². The number of carboxylic acids is 1. The van der Waals surface area contributed by atoms with Gasteiger partial charge in [0.05, 0.1) is 6.54 Å². The number of aliphatic carboxylic acids is 1. The molecule has 3 N–H and O–H groups in total. The maximum Gasteiger partial charge on any atom is 0.325 e. The van der Waals surface area contributed by atoms with Crippen molar-refractivity contribution >= 4 is 23.6 Å². The maximum atomic E-state index is 11.9. The van der Waals surface area contributed by atoms with Gasteiger partial charge >= 0.3 is 12.0 Å². The van der Waals surface area contributed by atoms with Crippen LogP contribution < -0.4 is 10.6 Å². The van der Waals surface area contributed by atoms with E-state index >= 15 is 0 Å². The van der Waals surface area contributed by atoms with Gasteiger partial charge in [-0.1, -0.05) is 17.7 Å². The Bertz CT molecular complexity index is 630. The topological polar surface area (TPSA) is 98.7 Å². The Hall–Kier alpha value is -2.41. The van der Waals surface area contributed by atoms with Crippen LogP contribution in [0.5, 0.6) is 0 Å². The molecule has 1 aromatic carbocycles. The Labute approximate surface area is 134 Å². The lowest BCUT2D eigenvalue weighted by atomic mass is 10.1. The first-order chi connectivity index (χ1) is 10.9. The molecule has 0 radical (unpaired) electrons. The number of carbonyl (C=O) groups excluding carboxylic acids is 2. The van der Waals surface area contributed by atoms with Crippen molar-refractivity contribution in [2.24, 2.45) is 0 Å². The minimum Gasteiger partial charge on any atom is -0.480 e. The molecule has 1 atom stereocenters. The van der Waals surface area contributed by atoms with Crippen LogP contribution in [0.25, 0.3) is 0 Å². The summed E-state index contributed by atoms with van der Waals surface area (Å²) in [7, 11) is 0. The Morgan fingerprint density at radius 1 is 1.30 bits per heavy atom. The Kier molecular flexibility index (Phi) is 5.33. The number of carboxylic acid groups (broad SMARTS) is 1. The molecular weight excluding hydrogens is 298 g/mol. The molecule has 124 valence electrons. The van der Waals surface area contributed by atoms with Gasteiger partial charge in [-0.15, -0.1) is 0 Å². The number of nitrogens with zero attached hydrogens (tertiary/aromatic N) is 1. The smallest absolute Gasteiger partial charge is 0.325 e. The van der Waals surface area contributed by atoms with E-state index in [9.17, 15) is 14.4 Å². The number of hydrogen-bond acceptors (Lipinski definition) is 4. The minimum atomic E-state index is -0.935. The monoisotopic (exact) mass is 319 g/mol. The van der Waals surface area contributed by atoms with Gasteiger partial charge in [-0.3, -0.25) is 19.8 Å². The summed E-state index contributed by atoms with van der Waals surface area (Å²) in [5.41, 5.74) is 2.61. The van der Waals surface area contributed by atoms with E-state index < -0.39 is 23.9 Å². The van der Waals surface area contributed by atoms with Crippen molar-refractivity contribution in [2.45, 2.75) is 32.7 Å². The molecule has 0 spiro atoms. The summed E-state index contributed by atoms with van der Waals surface area (Å²) in [4.78, 5) is 36.4. The number of urea groups is 1. The van der Waals surface area contributed by atoms with Crippen LogP contribution in [0.3, 0.4) is 0 Å². The fourth-order valence-electron chi connectivity index (χ4n) is 2.75. The van der Waals surface area contributed by atoms with E-state index in [-0.39, 0.29) is 6.54 Å². The molecule has 7 heteroatoms. The van der Waals surface area contributed by atoms with Gasteiger partial charge in [0, 0.05) is 5.69 Å². The first-order valence-corrected chi connectivity index (χ1v) is 7.52. The number of amides is 3. The third-order valence-corrected chi connectivity index (χ3v) is 3.88. The molecule has 0 bridgehead atoms. The normalized spacial score (nSPS) is 17.7. The quantitative estimate of drug-likeness (QED) is 0.781. The van der Waals surface area contributed by atoms with Crippen LogP contribution in [0.1, 0.15) is 24.0 Å². The summed E-state index contributed by atoms with van der Waals surface area (Å²) < 4.78 is 0. The van der Waals surface area contributed by atoms with E-state index in [0.717, 1.165) is 17.5 Å². The van der Waals surface area contributed by atoms with Crippen LogP contribution in [0.15, 0.2) is 18.2 Å². The lowest BCUT2D eigenvalue weighted by molar-refractivity contribution is -0.142. The van der Waals surface area contributed by atoms with Gasteiger partial charge in [0.15, 0.2) is 0 Å². The average Bonchev–Trinajstić information content (AvgIpc) is 2.90. The molecule has 1 aliphatic heterocycles. The number of aryl methyl sites for hydroxylation is 2. The molecule has 0 aromatic heterocycles. The van der Waals surface area contributed by atoms with Crippen molar-refractivity contribution in [2.75, 3.05) is 18.4 Å². The van der Waals surface area contributed by atoms with Gasteiger partial charge in [0.1, 0.15) is 6.04 Å². The predicted octanol–water partition coefficient (Wildman–Crippen LogP) is 1.50. The second kappa shape index (κ2) is 7.23. The van der Waals surface area contributed by atoms with E-state index in [1.165, 1.54) is 0 Å². The van der Waals surface area contributed by atoms with E-state index in [1.807, 2.05) is 26.0 Å². The average molecular weight is 319 g/mol. The number of hydrogen-bond donors (Lipinski definition) is 3. The number of anilines is 1. The zero-order valence-electron chi connectivity index (χ0n) is 13.3. The van der Waals surface area contributed by atoms with Gasteiger partial charge in [-0.25, -0.2) is 4.79 Å². The summed E-state index contributed by atoms with van der Waals surface area (Å²) in [5.74, 6) is -1.45. The lowest BCUT2D eigenvalue weighted by Crippen LogP contribution is -2.45. The fourth-order valence-corrected chi connectivity index (χ4v) is 2.75. The Morgan fingerprint density at radius 3 is 2.70 bits per heavy atom. The maximum absolute atomic E-state index is 11.9. The third kappa shape index (κ3) is 4.53.